The minimum Gasteiger partial charge on any atom is -0.466 e. The zero-order valence-corrected chi connectivity index (χ0v) is 21.7. The number of methoxy groups -OCH3 is 1. The molecule has 0 spiro atoms. The van der Waals surface area contributed by atoms with Gasteiger partial charge >= 0.3 is 5.97 Å². The highest BCUT2D eigenvalue weighted by Crippen LogP contribution is 2.31. The summed E-state index contributed by atoms with van der Waals surface area (Å²) in [5.74, 6) is -0.183. The zero-order chi connectivity index (χ0) is 25.6. The molecule has 0 unspecified atom stereocenters. The van der Waals surface area contributed by atoms with E-state index in [0.717, 1.165) is 59.0 Å². The van der Waals surface area contributed by atoms with Crippen molar-refractivity contribution in [3.63, 3.8) is 0 Å². The molecule has 4 aromatic rings. The quantitative estimate of drug-likeness (QED) is 0.194. The number of benzene rings is 3. The highest BCUT2D eigenvalue weighted by atomic mass is 32.1. The molecule has 1 heterocycles. The topological polar surface area (TPSA) is 59.5 Å². The third-order valence-electron chi connectivity index (χ3n) is 7.00. The van der Waals surface area contributed by atoms with E-state index in [1.807, 2.05) is 35.4 Å². The van der Waals surface area contributed by atoms with Crippen molar-refractivity contribution in [2.24, 2.45) is 5.92 Å². The van der Waals surface area contributed by atoms with Gasteiger partial charge in [-0.25, -0.2) is 4.79 Å². The van der Waals surface area contributed by atoms with Gasteiger partial charge in [-0.15, -0.1) is 0 Å². The first kappa shape index (κ1) is 24.9. The molecule has 5 rings (SSSR count). The number of fused-ring (bicyclic) bond motifs is 1. The molecule has 0 bridgehead atoms. The summed E-state index contributed by atoms with van der Waals surface area (Å²) < 4.78 is 10.2. The Morgan fingerprint density at radius 2 is 1.78 bits per heavy atom. The Hall–Kier alpha value is -3.77. The maximum atomic E-state index is 13.7. The van der Waals surface area contributed by atoms with Crippen LogP contribution in [-0.4, -0.2) is 23.4 Å². The molecular formula is C31H30N2O3S. The summed E-state index contributed by atoms with van der Waals surface area (Å²) in [6.07, 6.45) is 10.3. The van der Waals surface area contributed by atoms with Crippen molar-refractivity contribution < 1.29 is 14.3 Å². The minimum absolute atomic E-state index is 0.0495. The smallest absolute Gasteiger partial charge is 0.330 e. The molecule has 1 aromatic heterocycles. The van der Waals surface area contributed by atoms with Crippen LogP contribution >= 0.6 is 11.5 Å². The molecule has 1 fully saturated rings. The van der Waals surface area contributed by atoms with Gasteiger partial charge in [-0.3, -0.25) is 4.79 Å². The van der Waals surface area contributed by atoms with Gasteiger partial charge in [0.25, 0.3) is 0 Å². The fourth-order valence-electron chi connectivity index (χ4n) is 4.92. The molecule has 0 radical (unpaired) electrons. The van der Waals surface area contributed by atoms with Crippen molar-refractivity contribution in [3.05, 3.63) is 90.1 Å². The van der Waals surface area contributed by atoms with Gasteiger partial charge < -0.3 is 9.64 Å². The van der Waals surface area contributed by atoms with Gasteiger partial charge in [-0.05, 0) is 70.9 Å². The first-order chi connectivity index (χ1) is 18.1. The van der Waals surface area contributed by atoms with Crippen LogP contribution < -0.4 is 4.90 Å². The van der Waals surface area contributed by atoms with Gasteiger partial charge in [0.05, 0.1) is 18.4 Å². The Morgan fingerprint density at radius 1 is 1.00 bits per heavy atom. The van der Waals surface area contributed by atoms with Crippen molar-refractivity contribution in [1.29, 1.82) is 0 Å². The van der Waals surface area contributed by atoms with E-state index in [-0.39, 0.29) is 11.8 Å². The van der Waals surface area contributed by atoms with Gasteiger partial charge in [-0.1, -0.05) is 67.8 Å². The van der Waals surface area contributed by atoms with E-state index in [4.69, 9.17) is 4.74 Å². The van der Waals surface area contributed by atoms with Crippen LogP contribution in [0.1, 0.15) is 43.2 Å². The van der Waals surface area contributed by atoms with Crippen LogP contribution in [0, 0.1) is 5.92 Å². The van der Waals surface area contributed by atoms with Gasteiger partial charge in [0.2, 0.25) is 5.91 Å². The molecule has 5 nitrogen and oxygen atoms in total. The molecule has 37 heavy (non-hydrogen) atoms. The van der Waals surface area contributed by atoms with Crippen molar-refractivity contribution in [2.75, 3.05) is 12.0 Å². The SMILES string of the molecule is COC(=O)/C=C/c1cccc(N(Cc2ccc(-c3ccc4cnsc4c3)cc2)C(=O)C2CCCCC2)c1. The van der Waals surface area contributed by atoms with Gasteiger partial charge in [0, 0.05) is 29.3 Å². The average molecular weight is 511 g/mol. The van der Waals surface area contributed by atoms with E-state index >= 15 is 0 Å². The van der Waals surface area contributed by atoms with Crippen LogP contribution in [0.3, 0.4) is 0 Å². The molecule has 0 N–H and O–H groups in total. The van der Waals surface area contributed by atoms with Crippen LogP contribution in [0.25, 0.3) is 27.3 Å². The second kappa shape index (κ2) is 11.5. The molecule has 1 aliphatic carbocycles. The molecule has 1 aliphatic rings. The third-order valence-corrected chi connectivity index (χ3v) is 7.76. The van der Waals surface area contributed by atoms with Crippen LogP contribution in [0.15, 0.2) is 79.0 Å². The lowest BCUT2D eigenvalue weighted by Crippen LogP contribution is -2.36. The van der Waals surface area contributed by atoms with E-state index in [0.29, 0.717) is 6.54 Å². The predicted octanol–water partition coefficient (Wildman–Crippen LogP) is 7.26. The molecule has 3 aromatic carbocycles. The van der Waals surface area contributed by atoms with Gasteiger partial charge in [-0.2, -0.15) is 4.37 Å². The lowest BCUT2D eigenvalue weighted by molar-refractivity contribution is -0.134. The molecule has 6 heteroatoms. The van der Waals surface area contributed by atoms with Crippen LogP contribution in [0.4, 0.5) is 5.69 Å². The van der Waals surface area contributed by atoms with Crippen LogP contribution in [0.5, 0.6) is 0 Å². The van der Waals surface area contributed by atoms with E-state index in [1.54, 1.807) is 6.08 Å². The normalized spacial score (nSPS) is 14.2. The largest absolute Gasteiger partial charge is 0.466 e. The molecule has 0 saturated heterocycles. The van der Waals surface area contributed by atoms with E-state index in [2.05, 4.69) is 46.8 Å². The number of amides is 1. The zero-order valence-electron chi connectivity index (χ0n) is 20.9. The summed E-state index contributed by atoms with van der Waals surface area (Å²) in [5.41, 5.74) is 5.05. The van der Waals surface area contributed by atoms with Gasteiger partial charge in [0.15, 0.2) is 0 Å². The summed E-state index contributed by atoms with van der Waals surface area (Å²) >= 11 is 1.50. The second-order valence-electron chi connectivity index (χ2n) is 9.49. The first-order valence-electron chi connectivity index (χ1n) is 12.7. The maximum Gasteiger partial charge on any atom is 0.330 e. The van der Waals surface area contributed by atoms with Crippen molar-refractivity contribution in [2.45, 2.75) is 38.6 Å². The number of anilines is 1. The monoisotopic (exact) mass is 510 g/mol. The number of carbonyl (C=O) groups is 2. The number of hydrogen-bond acceptors (Lipinski definition) is 5. The summed E-state index contributed by atoms with van der Waals surface area (Å²) in [7, 11) is 1.36. The third kappa shape index (κ3) is 5.97. The number of nitrogens with zero attached hydrogens (tertiary/aromatic N) is 2. The Bertz CT molecular complexity index is 1420. The molecule has 1 amide bonds. The number of ether oxygens (including phenoxy) is 1. The predicted molar refractivity (Wildman–Crippen MR) is 150 cm³/mol. The van der Waals surface area contributed by atoms with Crippen LogP contribution in [-0.2, 0) is 20.9 Å². The minimum atomic E-state index is -0.407. The number of carbonyl (C=O) groups excluding carboxylic acids is 2. The highest BCUT2D eigenvalue weighted by molar-refractivity contribution is 7.13. The maximum absolute atomic E-state index is 13.7. The lowest BCUT2D eigenvalue weighted by atomic mass is 9.88. The Kier molecular flexibility index (Phi) is 7.76. The van der Waals surface area contributed by atoms with E-state index < -0.39 is 5.97 Å². The Balaban J connectivity index is 1.41. The molecule has 1 saturated carbocycles. The van der Waals surface area contributed by atoms with Crippen molar-refractivity contribution in [1.82, 2.24) is 4.37 Å². The number of aromatic nitrogens is 1. The van der Waals surface area contributed by atoms with Gasteiger partial charge in [0.1, 0.15) is 0 Å². The molecule has 0 atom stereocenters. The first-order valence-corrected chi connectivity index (χ1v) is 13.5. The number of rotatable bonds is 7. The van der Waals surface area contributed by atoms with E-state index in [1.165, 1.54) is 35.8 Å². The Morgan fingerprint density at radius 3 is 2.57 bits per heavy atom. The lowest BCUT2D eigenvalue weighted by Gasteiger charge is -2.30. The van der Waals surface area contributed by atoms with Crippen LogP contribution in [0.2, 0.25) is 0 Å². The summed E-state index contributed by atoms with van der Waals surface area (Å²) in [5, 5.41) is 1.16. The fraction of sp³-hybridized carbons (Fsp3) is 0.258. The molecular weight excluding hydrogens is 480 g/mol. The van der Waals surface area contributed by atoms with Crippen molar-refractivity contribution in [3.8, 4) is 11.1 Å². The standard InChI is InChI=1S/C31H30N2O3S/c1-36-30(34)17-12-22-6-5-9-28(18-22)33(31(35)25-7-3-2-4-8-25)21-23-10-13-24(14-11-23)26-15-16-27-20-32-37-29(27)19-26/h5-6,9-20,25H,2-4,7-8,21H2,1H3/b17-12+. The summed E-state index contributed by atoms with van der Waals surface area (Å²) in [6, 6.07) is 22.6. The van der Waals surface area contributed by atoms with E-state index in [9.17, 15) is 9.59 Å². The number of esters is 1. The highest BCUT2D eigenvalue weighted by Gasteiger charge is 2.27. The molecule has 188 valence electrons. The number of hydrogen-bond donors (Lipinski definition) is 0. The summed E-state index contributed by atoms with van der Waals surface area (Å²) in [4.78, 5) is 27.2. The second-order valence-corrected chi connectivity index (χ2v) is 10.3. The molecule has 0 aliphatic heterocycles. The van der Waals surface area contributed by atoms with Crippen molar-refractivity contribution >= 4 is 45.3 Å². The Labute approximate surface area is 221 Å². The average Bonchev–Trinajstić information content (AvgIpc) is 3.43. The summed E-state index contributed by atoms with van der Waals surface area (Å²) in [6.45, 7) is 0.494. The fourth-order valence-corrected chi connectivity index (χ4v) is 5.61.